The number of aryl methyl sites for hydroxylation is 1. The predicted molar refractivity (Wildman–Crippen MR) is 76.5 cm³/mol. The predicted octanol–water partition coefficient (Wildman–Crippen LogP) is 4.50. The van der Waals surface area contributed by atoms with Crippen LogP contribution in [0.4, 0.5) is 4.39 Å². The third kappa shape index (κ3) is 2.55. The Kier molecular flexibility index (Phi) is 3.29. The molecule has 1 saturated carbocycles. The van der Waals surface area contributed by atoms with Crippen molar-refractivity contribution < 1.29 is 9.18 Å². The van der Waals surface area contributed by atoms with Crippen LogP contribution in [0.3, 0.4) is 0 Å². The first-order chi connectivity index (χ1) is 8.55. The lowest BCUT2D eigenvalue weighted by Gasteiger charge is -2.17. The largest absolute Gasteiger partial charge is 0.300 e. The second-order valence-corrected chi connectivity index (χ2v) is 7.14. The molecule has 3 atom stereocenters. The van der Waals surface area contributed by atoms with Crippen molar-refractivity contribution in [3.05, 3.63) is 34.9 Å². The number of Topliss-reactive ketones (excluding diaryl/α,β-unsaturated/α-hetero) is 1. The summed E-state index contributed by atoms with van der Waals surface area (Å²) >= 11 is 6.41. The lowest BCUT2D eigenvalue weighted by Crippen LogP contribution is -2.10. The Morgan fingerprint density at radius 3 is 2.37 bits per heavy atom. The summed E-state index contributed by atoms with van der Waals surface area (Å²) in [5, 5.41) is 0. The number of alkyl halides is 2. The van der Waals surface area contributed by atoms with Gasteiger partial charge in [0.1, 0.15) is 11.5 Å². The fourth-order valence-corrected chi connectivity index (χ4v) is 3.44. The molecule has 1 aliphatic carbocycles. The molecular formula is C16H20ClFO. The van der Waals surface area contributed by atoms with E-state index >= 15 is 0 Å². The van der Waals surface area contributed by atoms with E-state index < -0.39 is 10.5 Å². The van der Waals surface area contributed by atoms with E-state index in [1.54, 1.807) is 20.8 Å². The highest BCUT2D eigenvalue weighted by Crippen LogP contribution is 2.62. The summed E-state index contributed by atoms with van der Waals surface area (Å²) in [6.07, 6.45) is 0. The maximum atomic E-state index is 14.1. The third-order valence-electron chi connectivity index (χ3n) is 4.02. The molecule has 0 amide bonds. The quantitative estimate of drug-likeness (QED) is 0.746. The zero-order valence-corrected chi connectivity index (χ0v) is 12.8. The number of hydrogen-bond donors (Lipinski definition) is 0. The van der Waals surface area contributed by atoms with Gasteiger partial charge in [-0.3, -0.25) is 4.79 Å². The van der Waals surface area contributed by atoms with E-state index in [1.807, 2.05) is 32.0 Å². The molecule has 3 heteroatoms. The van der Waals surface area contributed by atoms with Crippen molar-refractivity contribution >= 4 is 17.4 Å². The molecule has 2 rings (SSSR count). The Morgan fingerprint density at radius 2 is 1.95 bits per heavy atom. The topological polar surface area (TPSA) is 17.1 Å². The molecule has 19 heavy (non-hydrogen) atoms. The molecule has 0 heterocycles. The normalized spacial score (nSPS) is 30.3. The minimum atomic E-state index is -1.38. The number of carbonyl (C=O) groups is 1. The van der Waals surface area contributed by atoms with E-state index in [4.69, 9.17) is 11.6 Å². The number of rotatable bonds is 3. The SMILES string of the molecule is CC(=O)C1C(c2cc(C)cc(C(C)(C)F)c2)C1(C)Cl. The first-order valence-corrected chi connectivity index (χ1v) is 6.93. The zero-order valence-electron chi connectivity index (χ0n) is 12.1. The van der Waals surface area contributed by atoms with Crippen LogP contribution in [0.25, 0.3) is 0 Å². The van der Waals surface area contributed by atoms with Gasteiger partial charge in [-0.2, -0.15) is 0 Å². The first-order valence-electron chi connectivity index (χ1n) is 6.55. The fraction of sp³-hybridized carbons (Fsp3) is 0.562. The molecule has 0 radical (unpaired) electrons. The molecule has 0 aromatic heterocycles. The summed E-state index contributed by atoms with van der Waals surface area (Å²) in [5.74, 6) is -0.0655. The molecular weight excluding hydrogens is 263 g/mol. The highest BCUT2D eigenvalue weighted by Gasteiger charge is 2.63. The van der Waals surface area contributed by atoms with Gasteiger partial charge < -0.3 is 0 Å². The van der Waals surface area contributed by atoms with Crippen LogP contribution in [0.5, 0.6) is 0 Å². The summed E-state index contributed by atoms with van der Waals surface area (Å²) in [5.41, 5.74) is 1.23. The van der Waals surface area contributed by atoms with Gasteiger partial charge in [0.25, 0.3) is 0 Å². The lowest BCUT2D eigenvalue weighted by atomic mass is 9.93. The van der Waals surface area contributed by atoms with Gasteiger partial charge in [0.2, 0.25) is 0 Å². The molecule has 3 unspecified atom stereocenters. The van der Waals surface area contributed by atoms with Crippen LogP contribution in [0.1, 0.15) is 50.3 Å². The second-order valence-electron chi connectivity index (χ2n) is 6.32. The van der Waals surface area contributed by atoms with E-state index in [2.05, 4.69) is 0 Å². The number of carbonyl (C=O) groups excluding carboxylic acids is 1. The van der Waals surface area contributed by atoms with Gasteiger partial charge in [-0.1, -0.05) is 23.8 Å². The van der Waals surface area contributed by atoms with Crippen molar-refractivity contribution in [2.75, 3.05) is 0 Å². The maximum absolute atomic E-state index is 14.1. The van der Waals surface area contributed by atoms with Crippen molar-refractivity contribution in [2.24, 2.45) is 5.92 Å². The molecule has 1 aromatic rings. The van der Waals surface area contributed by atoms with Crippen LogP contribution in [-0.2, 0) is 10.5 Å². The zero-order chi connectivity index (χ0) is 14.6. The molecule has 1 aromatic carbocycles. The minimum absolute atomic E-state index is 0.00679. The molecule has 1 nitrogen and oxygen atoms in total. The van der Waals surface area contributed by atoms with Crippen LogP contribution in [0.2, 0.25) is 0 Å². The Bertz CT molecular complexity index is 528. The van der Waals surface area contributed by atoms with E-state index in [0.29, 0.717) is 5.56 Å². The van der Waals surface area contributed by atoms with Crippen LogP contribution in [0, 0.1) is 12.8 Å². The molecule has 0 aliphatic heterocycles. The third-order valence-corrected chi connectivity index (χ3v) is 4.49. The monoisotopic (exact) mass is 282 g/mol. The van der Waals surface area contributed by atoms with Crippen molar-refractivity contribution in [2.45, 2.75) is 51.1 Å². The number of benzene rings is 1. The first kappa shape index (κ1) is 14.5. The summed E-state index contributed by atoms with van der Waals surface area (Å²) < 4.78 is 14.1. The maximum Gasteiger partial charge on any atom is 0.135 e. The van der Waals surface area contributed by atoms with Gasteiger partial charge in [-0.15, -0.1) is 11.6 Å². The van der Waals surface area contributed by atoms with Crippen LogP contribution in [-0.4, -0.2) is 10.7 Å². The van der Waals surface area contributed by atoms with Gasteiger partial charge in [0.05, 0.1) is 4.87 Å². The fourth-order valence-electron chi connectivity index (χ4n) is 2.97. The average Bonchev–Trinajstić information content (AvgIpc) is 2.79. The smallest absolute Gasteiger partial charge is 0.135 e. The number of hydrogen-bond acceptors (Lipinski definition) is 1. The standard InChI is InChI=1S/C16H20ClFO/c1-9-6-11(8-12(7-9)15(3,4)18)14-13(10(2)19)16(14,5)17/h6-8,13-14H,1-5H3. The highest BCUT2D eigenvalue weighted by atomic mass is 35.5. The Balaban J connectivity index is 2.43. The number of ketones is 1. The minimum Gasteiger partial charge on any atom is -0.300 e. The van der Waals surface area contributed by atoms with Gasteiger partial charge >= 0.3 is 0 Å². The molecule has 1 aliphatic rings. The van der Waals surface area contributed by atoms with Gasteiger partial charge in [-0.25, -0.2) is 4.39 Å². The highest BCUT2D eigenvalue weighted by molar-refractivity contribution is 6.29. The van der Waals surface area contributed by atoms with E-state index in [9.17, 15) is 9.18 Å². The Morgan fingerprint density at radius 1 is 1.37 bits per heavy atom. The second kappa shape index (κ2) is 4.31. The van der Waals surface area contributed by atoms with Crippen LogP contribution < -0.4 is 0 Å². The summed E-state index contributed by atoms with van der Waals surface area (Å²) in [4.78, 5) is 11.1. The number of halogens is 2. The van der Waals surface area contributed by atoms with Gasteiger partial charge in [-0.05, 0) is 45.7 Å². The van der Waals surface area contributed by atoms with Gasteiger partial charge in [0.15, 0.2) is 0 Å². The van der Waals surface area contributed by atoms with E-state index in [0.717, 1.165) is 11.1 Å². The molecule has 0 N–H and O–H groups in total. The Hall–Kier alpha value is -0.890. The van der Waals surface area contributed by atoms with E-state index in [1.165, 1.54) is 0 Å². The average molecular weight is 283 g/mol. The molecule has 104 valence electrons. The summed E-state index contributed by atoms with van der Waals surface area (Å²) in [6.45, 7) is 8.48. The lowest BCUT2D eigenvalue weighted by molar-refractivity contribution is -0.118. The van der Waals surface area contributed by atoms with Crippen molar-refractivity contribution in [1.29, 1.82) is 0 Å². The van der Waals surface area contributed by atoms with Crippen molar-refractivity contribution in [1.82, 2.24) is 0 Å². The summed E-state index contributed by atoms with van der Waals surface area (Å²) in [6, 6.07) is 5.70. The Labute approximate surface area is 119 Å². The van der Waals surface area contributed by atoms with Crippen LogP contribution >= 0.6 is 11.6 Å². The summed E-state index contributed by atoms with van der Waals surface area (Å²) in [7, 11) is 0. The molecule has 1 fully saturated rings. The van der Waals surface area contributed by atoms with Crippen molar-refractivity contribution in [3.8, 4) is 0 Å². The van der Waals surface area contributed by atoms with Gasteiger partial charge in [0, 0.05) is 11.8 Å². The molecule has 0 saturated heterocycles. The molecule has 0 spiro atoms. The molecule has 0 bridgehead atoms. The van der Waals surface area contributed by atoms with Crippen LogP contribution in [0.15, 0.2) is 18.2 Å². The van der Waals surface area contributed by atoms with E-state index in [-0.39, 0.29) is 17.6 Å². The van der Waals surface area contributed by atoms with Crippen molar-refractivity contribution in [3.63, 3.8) is 0 Å².